The van der Waals surface area contributed by atoms with Crippen LogP contribution in [0.2, 0.25) is 0 Å². The maximum Gasteiger partial charge on any atom is 0.366 e. The molecule has 0 rings (SSSR count). The van der Waals surface area contributed by atoms with E-state index in [1.165, 1.54) is 0 Å². The van der Waals surface area contributed by atoms with Crippen molar-refractivity contribution in [2.24, 2.45) is 0 Å². The van der Waals surface area contributed by atoms with Crippen LogP contribution in [0, 0.1) is 0 Å². The van der Waals surface area contributed by atoms with E-state index >= 15 is 0 Å². The predicted molar refractivity (Wildman–Crippen MR) is 64.8 cm³/mol. The summed E-state index contributed by atoms with van der Waals surface area (Å²) in [6.07, 6.45) is 5.15. The van der Waals surface area contributed by atoms with Gasteiger partial charge in [0.2, 0.25) is 0 Å². The van der Waals surface area contributed by atoms with Crippen LogP contribution in [0.15, 0.2) is 0 Å². The van der Waals surface area contributed by atoms with Crippen LogP contribution in [0.5, 0.6) is 0 Å². The number of carbonyl (C=O) groups is 2. The standard InChI is InChI=1S/C10H15Cl3O3.Ni/c1-2-3-4-5-6-7-8(14)16-9(15)10(11,12)13;/h2-7H2,1H3;. The third-order valence-corrected chi connectivity index (χ3v) is 2.39. The maximum absolute atomic E-state index is 11.1. The van der Waals surface area contributed by atoms with E-state index in [2.05, 4.69) is 11.7 Å². The van der Waals surface area contributed by atoms with Gasteiger partial charge in [0.05, 0.1) is 0 Å². The number of alkyl halides is 3. The molecule has 0 saturated carbocycles. The molecule has 0 heterocycles. The van der Waals surface area contributed by atoms with Crippen molar-refractivity contribution in [2.75, 3.05) is 0 Å². The first-order valence-corrected chi connectivity index (χ1v) is 6.33. The fraction of sp³-hybridized carbons (Fsp3) is 0.800. The number of hydrogen-bond donors (Lipinski definition) is 0. The zero-order valence-corrected chi connectivity index (χ0v) is 12.7. The van der Waals surface area contributed by atoms with Gasteiger partial charge in [-0.25, -0.2) is 4.79 Å². The average molecular weight is 348 g/mol. The van der Waals surface area contributed by atoms with Crippen molar-refractivity contribution in [3.8, 4) is 0 Å². The third-order valence-electron chi connectivity index (χ3n) is 1.92. The molecule has 0 aliphatic carbocycles. The minimum atomic E-state index is -2.18. The summed E-state index contributed by atoms with van der Waals surface area (Å²) in [6, 6.07) is 0. The SMILES string of the molecule is CCCCCCCC(=O)OC(=O)C(Cl)(Cl)Cl.[Ni]. The molecule has 0 bridgehead atoms. The number of esters is 2. The number of ether oxygens (including phenoxy) is 1. The molecular weight excluding hydrogens is 333 g/mol. The molecule has 0 aromatic heterocycles. The van der Waals surface area contributed by atoms with E-state index in [4.69, 9.17) is 34.8 Å². The van der Waals surface area contributed by atoms with Gasteiger partial charge in [-0.1, -0.05) is 67.4 Å². The van der Waals surface area contributed by atoms with Crippen molar-refractivity contribution in [1.29, 1.82) is 0 Å². The van der Waals surface area contributed by atoms with Crippen LogP contribution in [0.3, 0.4) is 0 Å². The summed E-state index contributed by atoms with van der Waals surface area (Å²) in [7, 11) is 0. The molecule has 0 aliphatic heterocycles. The number of unbranched alkanes of at least 4 members (excludes halogenated alkanes) is 4. The van der Waals surface area contributed by atoms with E-state index < -0.39 is 15.7 Å². The van der Waals surface area contributed by atoms with Gasteiger partial charge >= 0.3 is 11.9 Å². The summed E-state index contributed by atoms with van der Waals surface area (Å²) in [5.74, 6) is -1.79. The quantitative estimate of drug-likeness (QED) is 0.241. The fourth-order valence-corrected chi connectivity index (χ4v) is 1.20. The van der Waals surface area contributed by atoms with Gasteiger partial charge in [0.1, 0.15) is 0 Å². The molecule has 0 radical (unpaired) electrons. The molecular formula is C10H15Cl3NiO3. The Morgan fingerprint density at radius 3 is 2.06 bits per heavy atom. The van der Waals surface area contributed by atoms with Crippen LogP contribution >= 0.6 is 34.8 Å². The van der Waals surface area contributed by atoms with E-state index in [-0.39, 0.29) is 22.9 Å². The molecule has 0 amide bonds. The summed E-state index contributed by atoms with van der Waals surface area (Å²) in [6.45, 7) is 2.11. The molecule has 0 spiro atoms. The van der Waals surface area contributed by atoms with Gasteiger partial charge in [0, 0.05) is 22.9 Å². The second-order valence-corrected chi connectivity index (χ2v) is 5.70. The first-order chi connectivity index (χ1) is 7.38. The molecule has 0 fully saturated rings. The van der Waals surface area contributed by atoms with Crippen molar-refractivity contribution < 1.29 is 30.8 Å². The van der Waals surface area contributed by atoms with Crippen LogP contribution in [0.4, 0.5) is 0 Å². The Kier molecular flexibility index (Phi) is 12.2. The largest absolute Gasteiger partial charge is 0.390 e. The Balaban J connectivity index is 0. The van der Waals surface area contributed by atoms with Crippen LogP contribution in [-0.2, 0) is 30.8 Å². The minimum absolute atomic E-state index is 0. The van der Waals surface area contributed by atoms with Gasteiger partial charge in [0.15, 0.2) is 0 Å². The van der Waals surface area contributed by atoms with E-state index in [9.17, 15) is 9.59 Å². The molecule has 3 nitrogen and oxygen atoms in total. The zero-order chi connectivity index (χ0) is 12.6. The molecule has 0 aromatic carbocycles. The minimum Gasteiger partial charge on any atom is -0.390 e. The van der Waals surface area contributed by atoms with Gasteiger partial charge in [-0.05, 0) is 6.42 Å². The monoisotopic (exact) mass is 346 g/mol. The second kappa shape index (κ2) is 10.4. The molecule has 0 aromatic rings. The molecule has 0 N–H and O–H groups in total. The van der Waals surface area contributed by atoms with E-state index in [1.807, 2.05) is 0 Å². The molecule has 104 valence electrons. The molecule has 17 heavy (non-hydrogen) atoms. The van der Waals surface area contributed by atoms with Gasteiger partial charge in [0.25, 0.3) is 3.79 Å². The van der Waals surface area contributed by atoms with Crippen LogP contribution in [0.25, 0.3) is 0 Å². The molecule has 0 atom stereocenters. The van der Waals surface area contributed by atoms with Gasteiger partial charge in [-0.3, -0.25) is 4.79 Å². The number of rotatable bonds is 6. The summed E-state index contributed by atoms with van der Waals surface area (Å²) < 4.78 is 2.17. The molecule has 0 saturated heterocycles. The van der Waals surface area contributed by atoms with Crippen molar-refractivity contribution in [1.82, 2.24) is 0 Å². The Hall–Kier alpha value is 0.504. The summed E-state index contributed by atoms with van der Waals surface area (Å²) in [5.41, 5.74) is 0. The normalized spacial score (nSPS) is 10.6. The Morgan fingerprint density at radius 1 is 1.06 bits per heavy atom. The van der Waals surface area contributed by atoms with Gasteiger partial charge in [-0.15, -0.1) is 0 Å². The smallest absolute Gasteiger partial charge is 0.366 e. The van der Waals surface area contributed by atoms with Gasteiger partial charge in [-0.2, -0.15) is 0 Å². The Bertz CT molecular complexity index is 241. The van der Waals surface area contributed by atoms with Crippen LogP contribution < -0.4 is 0 Å². The number of carbonyl (C=O) groups excluding carboxylic acids is 2. The number of hydrogen-bond acceptors (Lipinski definition) is 3. The summed E-state index contributed by atoms with van der Waals surface area (Å²) >= 11 is 15.7. The van der Waals surface area contributed by atoms with E-state index in [0.29, 0.717) is 6.42 Å². The molecule has 0 unspecified atom stereocenters. The van der Waals surface area contributed by atoms with Crippen LogP contribution in [-0.4, -0.2) is 15.7 Å². The van der Waals surface area contributed by atoms with E-state index in [1.54, 1.807) is 0 Å². The molecule has 7 heteroatoms. The summed E-state index contributed by atoms with van der Waals surface area (Å²) in [5, 5.41) is 0. The van der Waals surface area contributed by atoms with Crippen molar-refractivity contribution in [2.45, 2.75) is 49.2 Å². The van der Waals surface area contributed by atoms with Crippen LogP contribution in [0.1, 0.15) is 45.4 Å². The fourth-order valence-electron chi connectivity index (χ4n) is 1.09. The number of halogens is 3. The van der Waals surface area contributed by atoms with Crippen molar-refractivity contribution >= 4 is 46.7 Å². The topological polar surface area (TPSA) is 43.4 Å². The predicted octanol–water partition coefficient (Wildman–Crippen LogP) is 3.78. The van der Waals surface area contributed by atoms with Gasteiger partial charge < -0.3 is 4.74 Å². The first-order valence-electron chi connectivity index (χ1n) is 5.19. The van der Waals surface area contributed by atoms with E-state index in [0.717, 1.165) is 25.7 Å². The summed E-state index contributed by atoms with van der Waals surface area (Å²) in [4.78, 5) is 22.1. The average Bonchev–Trinajstić information content (AvgIpc) is 2.16. The van der Waals surface area contributed by atoms with Crippen molar-refractivity contribution in [3.05, 3.63) is 0 Å². The molecule has 0 aliphatic rings. The third kappa shape index (κ3) is 11.3. The zero-order valence-electron chi connectivity index (χ0n) is 9.42. The first kappa shape index (κ1) is 19.8. The Morgan fingerprint density at radius 2 is 1.59 bits per heavy atom. The van der Waals surface area contributed by atoms with Crippen molar-refractivity contribution in [3.63, 3.8) is 0 Å². The maximum atomic E-state index is 11.1. The second-order valence-electron chi connectivity index (χ2n) is 3.42. The Labute approximate surface area is 126 Å².